The molecule has 0 heterocycles. The molecule has 110 valence electrons. The van der Waals surface area contributed by atoms with Crippen molar-refractivity contribution in [1.29, 1.82) is 0 Å². The number of thioether (sulfide) groups is 1. The van der Waals surface area contributed by atoms with E-state index in [0.717, 1.165) is 0 Å². The van der Waals surface area contributed by atoms with Gasteiger partial charge in [0.1, 0.15) is 5.56 Å². The highest BCUT2D eigenvalue weighted by Gasteiger charge is 2.30. The van der Waals surface area contributed by atoms with Gasteiger partial charge >= 0.3 is 0 Å². The molecule has 7 heteroatoms. The highest BCUT2D eigenvalue weighted by molar-refractivity contribution is 7.98. The molecule has 0 saturated carbocycles. The van der Waals surface area contributed by atoms with Gasteiger partial charge in [0, 0.05) is 10.5 Å². The van der Waals surface area contributed by atoms with E-state index in [1.54, 1.807) is 12.3 Å². The van der Waals surface area contributed by atoms with Crippen molar-refractivity contribution in [1.82, 2.24) is 0 Å². The largest absolute Gasteiger partial charge is 0.288 e. The maximum atomic E-state index is 13.6. The molecule has 0 bridgehead atoms. The molecule has 0 aliphatic heterocycles. The Morgan fingerprint density at radius 1 is 0.905 bits per heavy atom. The average molecular weight is 318 g/mol. The van der Waals surface area contributed by atoms with Gasteiger partial charge in [-0.15, -0.1) is 11.8 Å². The van der Waals surface area contributed by atoms with E-state index in [4.69, 9.17) is 0 Å². The van der Waals surface area contributed by atoms with Crippen LogP contribution < -0.4 is 0 Å². The minimum absolute atomic E-state index is 0.162. The van der Waals surface area contributed by atoms with Gasteiger partial charge < -0.3 is 0 Å². The van der Waals surface area contributed by atoms with Crippen molar-refractivity contribution in [3.05, 3.63) is 64.5 Å². The van der Waals surface area contributed by atoms with Crippen LogP contribution in [0.1, 0.15) is 15.9 Å². The lowest BCUT2D eigenvalue weighted by atomic mass is 10.0. The normalized spacial score (nSPS) is 10.8. The summed E-state index contributed by atoms with van der Waals surface area (Å²) >= 11 is 1.26. The molecule has 2 aromatic rings. The zero-order valence-corrected chi connectivity index (χ0v) is 11.3. The Hall–Kier alpha value is -1.89. The van der Waals surface area contributed by atoms with E-state index in [9.17, 15) is 26.7 Å². The summed E-state index contributed by atoms with van der Waals surface area (Å²) in [6.07, 6.45) is 1.71. The number of hydrogen-bond acceptors (Lipinski definition) is 2. The molecule has 0 aromatic heterocycles. The fourth-order valence-corrected chi connectivity index (χ4v) is 2.17. The maximum absolute atomic E-state index is 13.6. The first-order valence-electron chi connectivity index (χ1n) is 5.58. The van der Waals surface area contributed by atoms with Crippen molar-refractivity contribution < 1.29 is 26.7 Å². The Bertz CT molecular complexity index is 701. The predicted molar refractivity (Wildman–Crippen MR) is 67.9 cm³/mol. The molecule has 0 N–H and O–H groups in total. The van der Waals surface area contributed by atoms with Crippen LogP contribution in [0.4, 0.5) is 22.0 Å². The van der Waals surface area contributed by atoms with Crippen molar-refractivity contribution in [2.24, 2.45) is 0 Å². The monoisotopic (exact) mass is 318 g/mol. The third kappa shape index (κ3) is 2.65. The molecule has 0 amide bonds. The Kier molecular flexibility index (Phi) is 4.32. The average Bonchev–Trinajstić information content (AvgIpc) is 2.51. The zero-order chi connectivity index (χ0) is 15.7. The Morgan fingerprint density at radius 3 is 1.95 bits per heavy atom. The van der Waals surface area contributed by atoms with Gasteiger partial charge in [-0.25, -0.2) is 22.0 Å². The number of ketones is 1. The fourth-order valence-electron chi connectivity index (χ4n) is 1.71. The summed E-state index contributed by atoms with van der Waals surface area (Å²) in [5.74, 6) is -12.1. The first-order chi connectivity index (χ1) is 9.88. The summed E-state index contributed by atoms with van der Waals surface area (Å²) < 4.78 is 66.3. The molecule has 0 aliphatic rings. The first kappa shape index (κ1) is 15.5. The van der Waals surface area contributed by atoms with Crippen LogP contribution in [-0.4, -0.2) is 12.0 Å². The van der Waals surface area contributed by atoms with Gasteiger partial charge in [0.15, 0.2) is 29.1 Å². The van der Waals surface area contributed by atoms with Gasteiger partial charge in [-0.05, 0) is 18.4 Å². The van der Waals surface area contributed by atoms with Crippen LogP contribution >= 0.6 is 11.8 Å². The summed E-state index contributed by atoms with van der Waals surface area (Å²) in [6, 6.07) is 5.64. The van der Waals surface area contributed by atoms with Gasteiger partial charge in [-0.1, -0.05) is 12.1 Å². The number of carbonyl (C=O) groups excluding carboxylic acids is 1. The second kappa shape index (κ2) is 5.85. The van der Waals surface area contributed by atoms with Crippen molar-refractivity contribution in [2.45, 2.75) is 4.90 Å². The summed E-state index contributed by atoms with van der Waals surface area (Å²) in [7, 11) is 0. The Balaban J connectivity index is 2.63. The molecular formula is C14H7F5OS. The molecule has 1 nitrogen and oxygen atoms in total. The topological polar surface area (TPSA) is 17.1 Å². The van der Waals surface area contributed by atoms with Gasteiger partial charge in [0.2, 0.25) is 5.82 Å². The van der Waals surface area contributed by atoms with E-state index in [2.05, 4.69) is 0 Å². The molecular weight excluding hydrogens is 311 g/mol. The van der Waals surface area contributed by atoms with Crippen molar-refractivity contribution in [2.75, 3.05) is 6.26 Å². The molecule has 0 unspecified atom stereocenters. The first-order valence-corrected chi connectivity index (χ1v) is 6.81. The second-order valence-electron chi connectivity index (χ2n) is 4.01. The van der Waals surface area contributed by atoms with Crippen molar-refractivity contribution >= 4 is 17.5 Å². The fraction of sp³-hybridized carbons (Fsp3) is 0.0714. The zero-order valence-electron chi connectivity index (χ0n) is 10.5. The minimum atomic E-state index is -2.29. The van der Waals surface area contributed by atoms with Crippen LogP contribution in [-0.2, 0) is 0 Å². The molecule has 2 rings (SSSR count). The van der Waals surface area contributed by atoms with E-state index < -0.39 is 40.4 Å². The van der Waals surface area contributed by atoms with E-state index in [0.29, 0.717) is 4.90 Å². The lowest BCUT2D eigenvalue weighted by Gasteiger charge is -2.08. The summed E-state index contributed by atoms with van der Waals surface area (Å²) in [4.78, 5) is 12.6. The summed E-state index contributed by atoms with van der Waals surface area (Å²) in [6.45, 7) is 0. The van der Waals surface area contributed by atoms with Gasteiger partial charge in [-0.3, -0.25) is 4.79 Å². The van der Waals surface area contributed by atoms with Gasteiger partial charge in [0.25, 0.3) is 0 Å². The second-order valence-corrected chi connectivity index (χ2v) is 4.89. The molecule has 0 spiro atoms. The van der Waals surface area contributed by atoms with Crippen LogP contribution in [0.3, 0.4) is 0 Å². The molecule has 0 atom stereocenters. The van der Waals surface area contributed by atoms with E-state index in [-0.39, 0.29) is 5.56 Å². The lowest BCUT2D eigenvalue weighted by Crippen LogP contribution is -2.13. The third-order valence-electron chi connectivity index (χ3n) is 2.77. The Morgan fingerprint density at radius 2 is 1.43 bits per heavy atom. The minimum Gasteiger partial charge on any atom is -0.288 e. The third-order valence-corrected chi connectivity index (χ3v) is 3.49. The lowest BCUT2D eigenvalue weighted by molar-refractivity contribution is 0.102. The Labute approximate surface area is 120 Å². The maximum Gasteiger partial charge on any atom is 0.200 e. The molecule has 2 aromatic carbocycles. The van der Waals surface area contributed by atoms with E-state index in [1.807, 2.05) is 0 Å². The molecule has 0 fully saturated rings. The van der Waals surface area contributed by atoms with Crippen LogP contribution in [0, 0.1) is 29.1 Å². The highest BCUT2D eigenvalue weighted by Crippen LogP contribution is 2.26. The van der Waals surface area contributed by atoms with Crippen LogP contribution in [0.2, 0.25) is 0 Å². The number of benzene rings is 2. The predicted octanol–water partition coefficient (Wildman–Crippen LogP) is 4.34. The van der Waals surface area contributed by atoms with Crippen molar-refractivity contribution in [3.8, 4) is 0 Å². The number of halogens is 5. The van der Waals surface area contributed by atoms with E-state index >= 15 is 0 Å². The number of rotatable bonds is 3. The molecule has 0 radical (unpaired) electrons. The smallest absolute Gasteiger partial charge is 0.200 e. The number of carbonyl (C=O) groups is 1. The van der Waals surface area contributed by atoms with Crippen molar-refractivity contribution in [3.63, 3.8) is 0 Å². The number of hydrogen-bond donors (Lipinski definition) is 0. The van der Waals surface area contributed by atoms with Crippen LogP contribution in [0.25, 0.3) is 0 Å². The van der Waals surface area contributed by atoms with Gasteiger partial charge in [-0.2, -0.15) is 0 Å². The standard InChI is InChI=1S/C14H7F5OS/c1-21-7-4-2-3-6(5-7)14(20)8-9(15)11(17)13(19)12(18)10(8)16/h2-5H,1H3. The van der Waals surface area contributed by atoms with Crippen LogP contribution in [0.5, 0.6) is 0 Å². The summed E-state index contributed by atoms with van der Waals surface area (Å²) in [5, 5.41) is 0. The molecule has 21 heavy (non-hydrogen) atoms. The molecule has 0 aliphatic carbocycles. The SMILES string of the molecule is CSc1cccc(C(=O)c2c(F)c(F)c(F)c(F)c2F)c1. The molecule has 0 saturated heterocycles. The quantitative estimate of drug-likeness (QED) is 0.275. The van der Waals surface area contributed by atoms with E-state index in [1.165, 1.54) is 30.0 Å². The van der Waals surface area contributed by atoms with Crippen LogP contribution in [0.15, 0.2) is 29.2 Å². The van der Waals surface area contributed by atoms with Gasteiger partial charge in [0.05, 0.1) is 0 Å². The highest BCUT2D eigenvalue weighted by atomic mass is 32.2. The summed E-state index contributed by atoms with van der Waals surface area (Å²) in [5.41, 5.74) is -1.62.